The molecule has 3 nitrogen and oxygen atoms in total. The van der Waals surface area contributed by atoms with E-state index in [1.165, 1.54) is 12.1 Å². The van der Waals surface area contributed by atoms with Gasteiger partial charge in [0.1, 0.15) is 5.82 Å². The van der Waals surface area contributed by atoms with Crippen molar-refractivity contribution in [2.75, 3.05) is 20.1 Å². The van der Waals surface area contributed by atoms with Crippen LogP contribution >= 0.6 is 0 Å². The molecule has 18 heavy (non-hydrogen) atoms. The van der Waals surface area contributed by atoms with Gasteiger partial charge in [-0.2, -0.15) is 0 Å². The van der Waals surface area contributed by atoms with Crippen molar-refractivity contribution in [2.45, 2.75) is 19.3 Å². The quantitative estimate of drug-likeness (QED) is 0.885. The summed E-state index contributed by atoms with van der Waals surface area (Å²) >= 11 is 0. The molecule has 1 heterocycles. The summed E-state index contributed by atoms with van der Waals surface area (Å²) in [6, 6.07) is 6.33. The topological polar surface area (TPSA) is 46.3 Å². The first-order valence-corrected chi connectivity index (χ1v) is 6.25. The van der Waals surface area contributed by atoms with Crippen molar-refractivity contribution in [2.24, 2.45) is 11.1 Å². The molecule has 0 atom stereocenters. The van der Waals surface area contributed by atoms with Crippen LogP contribution in [-0.2, 0) is 11.2 Å². The second kappa shape index (κ2) is 5.06. The number of amides is 1. The molecule has 0 aliphatic carbocycles. The first-order valence-electron chi connectivity index (χ1n) is 6.25. The van der Waals surface area contributed by atoms with E-state index < -0.39 is 5.41 Å². The molecule has 98 valence electrons. The number of benzene rings is 1. The van der Waals surface area contributed by atoms with Gasteiger partial charge in [0.05, 0.1) is 5.41 Å². The molecule has 0 bridgehead atoms. The molecule has 1 aliphatic rings. The van der Waals surface area contributed by atoms with Gasteiger partial charge in [-0.3, -0.25) is 4.79 Å². The lowest BCUT2D eigenvalue weighted by molar-refractivity contribution is -0.130. The Labute approximate surface area is 107 Å². The van der Waals surface area contributed by atoms with Crippen LogP contribution in [-0.4, -0.2) is 30.9 Å². The zero-order valence-corrected chi connectivity index (χ0v) is 10.7. The number of carbonyl (C=O) groups is 1. The van der Waals surface area contributed by atoms with E-state index in [1.54, 1.807) is 12.1 Å². The van der Waals surface area contributed by atoms with E-state index in [0.29, 0.717) is 6.42 Å². The van der Waals surface area contributed by atoms with Crippen molar-refractivity contribution < 1.29 is 9.18 Å². The van der Waals surface area contributed by atoms with Crippen LogP contribution in [0.4, 0.5) is 4.39 Å². The molecule has 0 radical (unpaired) electrons. The van der Waals surface area contributed by atoms with Crippen LogP contribution in [0.1, 0.15) is 18.4 Å². The van der Waals surface area contributed by atoms with Crippen LogP contribution in [0, 0.1) is 11.2 Å². The van der Waals surface area contributed by atoms with Gasteiger partial charge in [-0.1, -0.05) is 12.1 Å². The molecule has 1 aliphatic heterocycles. The smallest absolute Gasteiger partial charge is 0.224 e. The van der Waals surface area contributed by atoms with Crippen molar-refractivity contribution in [1.82, 2.24) is 4.90 Å². The summed E-state index contributed by atoms with van der Waals surface area (Å²) in [6.45, 7) is 1.76. The Kier molecular flexibility index (Phi) is 3.66. The fourth-order valence-electron chi connectivity index (χ4n) is 2.55. The van der Waals surface area contributed by atoms with Crippen molar-refractivity contribution >= 4 is 5.91 Å². The van der Waals surface area contributed by atoms with E-state index in [0.717, 1.165) is 31.5 Å². The minimum absolute atomic E-state index is 0.236. The van der Waals surface area contributed by atoms with Crippen LogP contribution in [0.3, 0.4) is 0 Å². The van der Waals surface area contributed by atoms with Gasteiger partial charge in [0.15, 0.2) is 0 Å². The number of carbonyl (C=O) groups excluding carboxylic acids is 1. The summed E-state index contributed by atoms with van der Waals surface area (Å²) in [6.07, 6.45) is 2.16. The third-order valence-corrected chi connectivity index (χ3v) is 3.92. The number of likely N-dealkylation sites (tertiary alicyclic amines) is 1. The monoisotopic (exact) mass is 250 g/mol. The van der Waals surface area contributed by atoms with E-state index in [9.17, 15) is 9.18 Å². The van der Waals surface area contributed by atoms with Gasteiger partial charge in [0, 0.05) is 0 Å². The summed E-state index contributed by atoms with van der Waals surface area (Å²) in [7, 11) is 2.04. The minimum Gasteiger partial charge on any atom is -0.369 e. The first kappa shape index (κ1) is 13.0. The van der Waals surface area contributed by atoms with E-state index >= 15 is 0 Å². The molecule has 1 aromatic rings. The van der Waals surface area contributed by atoms with Gasteiger partial charge in [0.2, 0.25) is 5.91 Å². The summed E-state index contributed by atoms with van der Waals surface area (Å²) in [5, 5.41) is 0. The predicted octanol–water partition coefficient (Wildman–Crippen LogP) is 1.57. The second-order valence-electron chi connectivity index (χ2n) is 5.25. The molecule has 1 aromatic carbocycles. The molecular formula is C14H19FN2O. The Hall–Kier alpha value is -1.42. The Morgan fingerprint density at radius 1 is 1.33 bits per heavy atom. The molecule has 0 saturated carbocycles. The van der Waals surface area contributed by atoms with E-state index in [1.807, 2.05) is 7.05 Å². The van der Waals surface area contributed by atoms with Crippen LogP contribution in [0.5, 0.6) is 0 Å². The number of rotatable bonds is 3. The van der Waals surface area contributed by atoms with Gasteiger partial charge >= 0.3 is 0 Å². The van der Waals surface area contributed by atoms with Gasteiger partial charge in [0.25, 0.3) is 0 Å². The Bertz CT molecular complexity index is 422. The standard InChI is InChI=1S/C14H19FN2O/c1-17-8-6-14(7-9-17,13(16)18)10-11-2-4-12(15)5-3-11/h2-5H,6-10H2,1H3,(H2,16,18). The third kappa shape index (κ3) is 2.70. The molecule has 0 unspecified atom stereocenters. The number of hydrogen-bond donors (Lipinski definition) is 1. The summed E-state index contributed by atoms with van der Waals surface area (Å²) in [4.78, 5) is 14.0. The van der Waals surface area contributed by atoms with E-state index in [4.69, 9.17) is 5.73 Å². The number of primary amides is 1. The number of hydrogen-bond acceptors (Lipinski definition) is 2. The predicted molar refractivity (Wildman–Crippen MR) is 68.5 cm³/mol. The minimum atomic E-state index is -0.468. The SMILES string of the molecule is CN1CCC(Cc2ccc(F)cc2)(C(N)=O)CC1. The van der Waals surface area contributed by atoms with Crippen LogP contribution in [0.15, 0.2) is 24.3 Å². The molecule has 2 rings (SSSR count). The van der Waals surface area contributed by atoms with Gasteiger partial charge in [-0.05, 0) is 57.1 Å². The molecule has 1 saturated heterocycles. The highest BCUT2D eigenvalue weighted by atomic mass is 19.1. The largest absolute Gasteiger partial charge is 0.369 e. The number of halogens is 1. The first-order chi connectivity index (χ1) is 8.52. The molecular weight excluding hydrogens is 231 g/mol. The Balaban J connectivity index is 2.16. The van der Waals surface area contributed by atoms with Crippen molar-refractivity contribution in [3.05, 3.63) is 35.6 Å². The average Bonchev–Trinajstić information content (AvgIpc) is 2.35. The number of nitrogens with zero attached hydrogens (tertiary/aromatic N) is 1. The second-order valence-corrected chi connectivity index (χ2v) is 5.25. The maximum absolute atomic E-state index is 12.9. The van der Waals surface area contributed by atoms with Crippen LogP contribution in [0.2, 0.25) is 0 Å². The fourth-order valence-corrected chi connectivity index (χ4v) is 2.55. The number of piperidine rings is 1. The Morgan fingerprint density at radius 3 is 2.39 bits per heavy atom. The zero-order valence-electron chi connectivity index (χ0n) is 10.7. The summed E-state index contributed by atoms with van der Waals surface area (Å²) < 4.78 is 12.9. The van der Waals surface area contributed by atoms with E-state index in [-0.39, 0.29) is 11.7 Å². The van der Waals surface area contributed by atoms with Crippen molar-refractivity contribution in [1.29, 1.82) is 0 Å². The van der Waals surface area contributed by atoms with Crippen molar-refractivity contribution in [3.63, 3.8) is 0 Å². The molecule has 0 aromatic heterocycles. The van der Waals surface area contributed by atoms with Crippen LogP contribution in [0.25, 0.3) is 0 Å². The molecule has 1 amide bonds. The zero-order chi connectivity index (χ0) is 13.2. The lowest BCUT2D eigenvalue weighted by Crippen LogP contribution is -2.47. The van der Waals surface area contributed by atoms with Crippen molar-refractivity contribution in [3.8, 4) is 0 Å². The summed E-state index contributed by atoms with van der Waals surface area (Å²) in [5.74, 6) is -0.491. The van der Waals surface area contributed by atoms with Gasteiger partial charge in [-0.25, -0.2) is 4.39 Å². The Morgan fingerprint density at radius 2 is 1.89 bits per heavy atom. The molecule has 1 fully saturated rings. The normalized spacial score (nSPS) is 19.7. The average molecular weight is 250 g/mol. The lowest BCUT2D eigenvalue weighted by Gasteiger charge is -2.38. The summed E-state index contributed by atoms with van der Waals surface area (Å²) in [5.41, 5.74) is 6.10. The maximum atomic E-state index is 12.9. The maximum Gasteiger partial charge on any atom is 0.224 e. The molecule has 2 N–H and O–H groups in total. The third-order valence-electron chi connectivity index (χ3n) is 3.92. The fraction of sp³-hybridized carbons (Fsp3) is 0.500. The van der Waals surface area contributed by atoms with E-state index in [2.05, 4.69) is 4.90 Å². The lowest BCUT2D eigenvalue weighted by atomic mass is 9.73. The highest BCUT2D eigenvalue weighted by Gasteiger charge is 2.39. The molecule has 0 spiro atoms. The van der Waals surface area contributed by atoms with Gasteiger partial charge in [-0.15, -0.1) is 0 Å². The highest BCUT2D eigenvalue weighted by molar-refractivity contribution is 5.81. The van der Waals surface area contributed by atoms with Gasteiger partial charge < -0.3 is 10.6 Å². The number of nitrogens with two attached hydrogens (primary N) is 1. The van der Waals surface area contributed by atoms with Crippen LogP contribution < -0.4 is 5.73 Å². The highest BCUT2D eigenvalue weighted by Crippen LogP contribution is 2.34. The molecule has 4 heteroatoms.